The predicted molar refractivity (Wildman–Crippen MR) is 75.2 cm³/mol. The Morgan fingerprint density at radius 1 is 1.37 bits per heavy atom. The van der Waals surface area contributed by atoms with Gasteiger partial charge in [0.1, 0.15) is 6.04 Å². The van der Waals surface area contributed by atoms with Gasteiger partial charge in [-0.25, -0.2) is 0 Å². The molecule has 0 aliphatic heterocycles. The second-order valence-electron chi connectivity index (χ2n) is 5.85. The van der Waals surface area contributed by atoms with Gasteiger partial charge in [0.15, 0.2) is 0 Å². The highest BCUT2D eigenvalue weighted by Crippen LogP contribution is 2.26. The van der Waals surface area contributed by atoms with Gasteiger partial charge in [-0.2, -0.15) is 0 Å². The summed E-state index contributed by atoms with van der Waals surface area (Å²) in [5, 5.41) is 20.6. The smallest absolute Gasteiger partial charge is 0.323 e. The molecule has 1 aromatic rings. The Kier molecular flexibility index (Phi) is 5.09. The molecule has 0 bridgehead atoms. The van der Waals surface area contributed by atoms with E-state index in [1.807, 2.05) is 12.1 Å². The number of carboxylic acid groups (broad SMARTS) is 1. The molecule has 0 fully saturated rings. The van der Waals surface area contributed by atoms with Crippen molar-refractivity contribution >= 4 is 5.97 Å². The van der Waals surface area contributed by atoms with Crippen molar-refractivity contribution < 1.29 is 15.0 Å². The summed E-state index contributed by atoms with van der Waals surface area (Å²) >= 11 is 0. The van der Waals surface area contributed by atoms with E-state index in [9.17, 15) is 4.79 Å². The zero-order valence-electron chi connectivity index (χ0n) is 12.0. The molecule has 0 unspecified atom stereocenters. The Hall–Kier alpha value is -1.39. The third-order valence-corrected chi connectivity index (χ3v) is 3.14. The van der Waals surface area contributed by atoms with Gasteiger partial charge in [-0.3, -0.25) is 10.1 Å². The van der Waals surface area contributed by atoms with Crippen LogP contribution < -0.4 is 5.32 Å². The molecule has 0 aliphatic rings. The second kappa shape index (κ2) is 6.17. The minimum absolute atomic E-state index is 0.0588. The first-order valence-electron chi connectivity index (χ1n) is 6.42. The van der Waals surface area contributed by atoms with Crippen molar-refractivity contribution in [1.82, 2.24) is 5.32 Å². The summed E-state index contributed by atoms with van der Waals surface area (Å²) in [5.74, 6) is -1.04. The number of carboxylic acids is 1. The number of hydrogen-bond donors (Lipinski definition) is 3. The molecule has 106 valence electrons. The largest absolute Gasteiger partial charge is 0.480 e. The van der Waals surface area contributed by atoms with Crippen molar-refractivity contribution in [1.29, 1.82) is 0 Å². The van der Waals surface area contributed by atoms with E-state index in [2.05, 4.69) is 39.1 Å². The Morgan fingerprint density at radius 3 is 2.47 bits per heavy atom. The number of benzene rings is 1. The quantitative estimate of drug-likeness (QED) is 0.759. The van der Waals surface area contributed by atoms with Crippen molar-refractivity contribution in [2.24, 2.45) is 0 Å². The van der Waals surface area contributed by atoms with Crippen LogP contribution in [0.15, 0.2) is 18.2 Å². The van der Waals surface area contributed by atoms with Crippen LogP contribution in [0.1, 0.15) is 37.5 Å². The molecule has 1 aromatic carbocycles. The van der Waals surface area contributed by atoms with E-state index >= 15 is 0 Å². The van der Waals surface area contributed by atoms with Crippen LogP contribution >= 0.6 is 0 Å². The van der Waals surface area contributed by atoms with Crippen LogP contribution in [-0.2, 0) is 16.8 Å². The van der Waals surface area contributed by atoms with E-state index in [-0.39, 0.29) is 5.41 Å². The van der Waals surface area contributed by atoms with E-state index in [1.165, 1.54) is 11.1 Å². The SMILES string of the molecule is Cc1ccc(CN[C@H](CO)C(=O)O)cc1C(C)(C)C. The number of nitrogens with one attached hydrogen (secondary N) is 1. The van der Waals surface area contributed by atoms with Gasteiger partial charge < -0.3 is 10.2 Å². The highest BCUT2D eigenvalue weighted by Gasteiger charge is 2.18. The maximum atomic E-state index is 10.8. The molecule has 19 heavy (non-hydrogen) atoms. The Labute approximate surface area is 114 Å². The predicted octanol–water partition coefficient (Wildman–Crippen LogP) is 1.83. The molecule has 1 atom stereocenters. The Balaban J connectivity index is 2.83. The molecule has 0 spiro atoms. The first-order valence-corrected chi connectivity index (χ1v) is 6.42. The lowest BCUT2D eigenvalue weighted by Crippen LogP contribution is -2.39. The lowest BCUT2D eigenvalue weighted by Gasteiger charge is -2.23. The first kappa shape index (κ1) is 15.7. The van der Waals surface area contributed by atoms with Crippen molar-refractivity contribution in [3.05, 3.63) is 34.9 Å². The first-order chi connectivity index (χ1) is 8.75. The van der Waals surface area contributed by atoms with Crippen molar-refractivity contribution in [2.75, 3.05) is 6.61 Å². The van der Waals surface area contributed by atoms with Gasteiger partial charge in [0, 0.05) is 6.54 Å². The molecular weight excluding hydrogens is 242 g/mol. The third-order valence-electron chi connectivity index (χ3n) is 3.14. The fourth-order valence-electron chi connectivity index (χ4n) is 2.06. The van der Waals surface area contributed by atoms with Gasteiger partial charge in [0.05, 0.1) is 6.61 Å². The van der Waals surface area contributed by atoms with Gasteiger partial charge in [0.25, 0.3) is 0 Å². The monoisotopic (exact) mass is 265 g/mol. The van der Waals surface area contributed by atoms with Gasteiger partial charge in [-0.1, -0.05) is 39.0 Å². The van der Waals surface area contributed by atoms with Crippen LogP contribution in [0, 0.1) is 6.92 Å². The molecule has 0 heterocycles. The molecule has 4 heteroatoms. The lowest BCUT2D eigenvalue weighted by molar-refractivity contribution is -0.140. The van der Waals surface area contributed by atoms with Crippen molar-refractivity contribution in [3.8, 4) is 0 Å². The summed E-state index contributed by atoms with van der Waals surface area (Å²) in [4.78, 5) is 10.8. The van der Waals surface area contributed by atoms with E-state index in [1.54, 1.807) is 0 Å². The van der Waals surface area contributed by atoms with E-state index in [4.69, 9.17) is 10.2 Å². The van der Waals surface area contributed by atoms with Gasteiger partial charge in [-0.15, -0.1) is 0 Å². The van der Waals surface area contributed by atoms with E-state index in [0.717, 1.165) is 5.56 Å². The summed E-state index contributed by atoms with van der Waals surface area (Å²) in [6.07, 6.45) is 0. The summed E-state index contributed by atoms with van der Waals surface area (Å²) in [6.45, 7) is 8.56. The molecule has 0 aromatic heterocycles. The molecular formula is C15H23NO3. The van der Waals surface area contributed by atoms with E-state index in [0.29, 0.717) is 6.54 Å². The zero-order valence-corrected chi connectivity index (χ0v) is 12.0. The van der Waals surface area contributed by atoms with Crippen LogP contribution in [0.5, 0.6) is 0 Å². The normalized spacial score (nSPS) is 13.3. The van der Waals surface area contributed by atoms with E-state index < -0.39 is 18.6 Å². The fourth-order valence-corrected chi connectivity index (χ4v) is 2.06. The average Bonchev–Trinajstić information content (AvgIpc) is 2.30. The molecule has 4 nitrogen and oxygen atoms in total. The molecule has 0 amide bonds. The Bertz CT molecular complexity index is 449. The number of hydrogen-bond acceptors (Lipinski definition) is 3. The number of aryl methyl sites for hydroxylation is 1. The number of aliphatic carboxylic acids is 1. The van der Waals surface area contributed by atoms with Gasteiger partial charge in [0.2, 0.25) is 0 Å². The third kappa shape index (κ3) is 4.33. The number of rotatable bonds is 5. The maximum Gasteiger partial charge on any atom is 0.323 e. The van der Waals surface area contributed by atoms with Crippen LogP contribution in [0.3, 0.4) is 0 Å². The van der Waals surface area contributed by atoms with Crippen molar-refractivity contribution in [3.63, 3.8) is 0 Å². The highest BCUT2D eigenvalue weighted by molar-refractivity contribution is 5.73. The minimum Gasteiger partial charge on any atom is -0.480 e. The number of aliphatic hydroxyl groups excluding tert-OH is 1. The second-order valence-corrected chi connectivity index (χ2v) is 5.85. The standard InChI is InChI=1S/C15H23NO3/c1-10-5-6-11(7-12(10)15(2,3)4)8-16-13(9-17)14(18)19/h5-7,13,16-17H,8-9H2,1-4H3,(H,18,19)/t13-/m1/s1. The summed E-state index contributed by atoms with van der Waals surface area (Å²) < 4.78 is 0. The topological polar surface area (TPSA) is 69.6 Å². The zero-order chi connectivity index (χ0) is 14.6. The summed E-state index contributed by atoms with van der Waals surface area (Å²) in [5.41, 5.74) is 3.56. The van der Waals surface area contributed by atoms with Crippen molar-refractivity contribution in [2.45, 2.75) is 45.7 Å². The molecule has 0 aliphatic carbocycles. The van der Waals surface area contributed by atoms with Gasteiger partial charge >= 0.3 is 5.97 Å². The fraction of sp³-hybridized carbons (Fsp3) is 0.533. The van der Waals surface area contributed by atoms with Gasteiger partial charge in [-0.05, 0) is 29.0 Å². The summed E-state index contributed by atoms with van der Waals surface area (Å²) in [6, 6.07) is 5.21. The highest BCUT2D eigenvalue weighted by atomic mass is 16.4. The molecule has 0 radical (unpaired) electrons. The average molecular weight is 265 g/mol. The molecule has 3 N–H and O–H groups in total. The minimum atomic E-state index is -1.04. The lowest BCUT2D eigenvalue weighted by atomic mass is 9.83. The number of carbonyl (C=O) groups is 1. The molecule has 0 saturated heterocycles. The maximum absolute atomic E-state index is 10.8. The van der Waals surface area contributed by atoms with Crippen LogP contribution in [0.4, 0.5) is 0 Å². The van der Waals surface area contributed by atoms with Crippen LogP contribution in [0.2, 0.25) is 0 Å². The molecule has 1 rings (SSSR count). The molecule has 0 saturated carbocycles. The van der Waals surface area contributed by atoms with Crippen LogP contribution in [0.25, 0.3) is 0 Å². The number of aliphatic hydroxyl groups is 1. The Morgan fingerprint density at radius 2 is 2.00 bits per heavy atom. The summed E-state index contributed by atoms with van der Waals surface area (Å²) in [7, 11) is 0. The van der Waals surface area contributed by atoms with Crippen LogP contribution in [-0.4, -0.2) is 28.8 Å².